The van der Waals surface area contributed by atoms with Gasteiger partial charge < -0.3 is 16.5 Å². The van der Waals surface area contributed by atoms with E-state index in [9.17, 15) is 0 Å². The number of nitrogen functional groups attached to an aromatic ring is 1. The fourth-order valence-corrected chi connectivity index (χ4v) is 1.41. The van der Waals surface area contributed by atoms with E-state index in [2.05, 4.69) is 31.1 Å². The minimum atomic E-state index is -0.103. The third-order valence-electron chi connectivity index (χ3n) is 2.36. The zero-order chi connectivity index (χ0) is 14.6. The van der Waals surface area contributed by atoms with Crippen LogP contribution in [0.4, 0.5) is 23.0 Å². The molecule has 20 heavy (non-hydrogen) atoms. The number of hydrogen-bond acceptors (Lipinski definition) is 7. The van der Waals surface area contributed by atoms with Crippen molar-refractivity contribution in [3.63, 3.8) is 0 Å². The Bertz CT molecular complexity index is 563. The van der Waals surface area contributed by atoms with Crippen molar-refractivity contribution < 1.29 is 0 Å². The van der Waals surface area contributed by atoms with Gasteiger partial charge in [-0.3, -0.25) is 4.98 Å². The largest absolute Gasteiger partial charge is 0.393 e. The molecule has 7 heteroatoms. The molecule has 2 heterocycles. The summed E-state index contributed by atoms with van der Waals surface area (Å²) in [4.78, 5) is 12.3. The smallest absolute Gasteiger partial charge is 0.169 e. The number of nitrogens with two attached hydrogens (primary N) is 1. The maximum atomic E-state index is 6.05. The lowest BCUT2D eigenvalue weighted by Crippen LogP contribution is -2.40. The van der Waals surface area contributed by atoms with Gasteiger partial charge in [-0.1, -0.05) is 0 Å². The van der Waals surface area contributed by atoms with Crippen molar-refractivity contribution in [3.8, 4) is 0 Å². The van der Waals surface area contributed by atoms with Gasteiger partial charge in [-0.05, 0) is 32.9 Å². The average Bonchev–Trinajstić information content (AvgIpc) is 2.40. The second kappa shape index (κ2) is 5.70. The molecular weight excluding hydrogens is 254 g/mol. The summed E-state index contributed by atoms with van der Waals surface area (Å²) in [6, 6.07) is 3.72. The van der Waals surface area contributed by atoms with Crippen LogP contribution < -0.4 is 21.9 Å². The fraction of sp³-hybridized carbons (Fsp3) is 0.308. The van der Waals surface area contributed by atoms with Gasteiger partial charge in [0, 0.05) is 11.7 Å². The Hall–Kier alpha value is -2.41. The molecule has 0 atom stereocenters. The minimum Gasteiger partial charge on any atom is -0.393 e. The number of pyridine rings is 1. The van der Waals surface area contributed by atoms with E-state index in [1.807, 2.05) is 32.9 Å². The van der Waals surface area contributed by atoms with Gasteiger partial charge in [0.2, 0.25) is 0 Å². The van der Waals surface area contributed by atoms with Crippen molar-refractivity contribution in [2.24, 2.45) is 0 Å². The molecule has 106 valence electrons. The summed E-state index contributed by atoms with van der Waals surface area (Å²) in [5.74, 6) is 1.06. The summed E-state index contributed by atoms with van der Waals surface area (Å²) in [6.45, 7) is 6.10. The highest BCUT2D eigenvalue weighted by Crippen LogP contribution is 2.24. The van der Waals surface area contributed by atoms with E-state index in [1.54, 1.807) is 12.4 Å². The van der Waals surface area contributed by atoms with Crippen LogP contribution in [0.3, 0.4) is 0 Å². The number of anilines is 4. The lowest BCUT2D eigenvalue weighted by molar-refractivity contribution is 0.464. The van der Waals surface area contributed by atoms with Crippen molar-refractivity contribution in [1.29, 1.82) is 0 Å². The van der Waals surface area contributed by atoms with Crippen molar-refractivity contribution >= 4 is 23.0 Å². The van der Waals surface area contributed by atoms with Gasteiger partial charge in [-0.15, -0.1) is 0 Å². The summed E-state index contributed by atoms with van der Waals surface area (Å²) < 4.78 is 0. The van der Waals surface area contributed by atoms with Crippen molar-refractivity contribution in [2.75, 3.05) is 16.5 Å². The summed E-state index contributed by atoms with van der Waals surface area (Å²) >= 11 is 0. The first-order chi connectivity index (χ1) is 9.46. The Balaban J connectivity index is 2.15. The van der Waals surface area contributed by atoms with Crippen LogP contribution in [0.25, 0.3) is 0 Å². The molecule has 0 aliphatic carbocycles. The number of hydrogen-bond donors (Lipinski definition) is 4. The van der Waals surface area contributed by atoms with Crippen molar-refractivity contribution in [1.82, 2.24) is 20.4 Å². The monoisotopic (exact) mass is 273 g/mol. The normalized spacial score (nSPS) is 11.2. The molecule has 0 aliphatic rings. The van der Waals surface area contributed by atoms with Crippen LogP contribution in [0.2, 0.25) is 0 Å². The van der Waals surface area contributed by atoms with Gasteiger partial charge in [0.05, 0.1) is 11.9 Å². The van der Waals surface area contributed by atoms with Crippen LogP contribution >= 0.6 is 0 Å². The predicted molar refractivity (Wildman–Crippen MR) is 80.5 cm³/mol. The summed E-state index contributed by atoms with van der Waals surface area (Å²) in [5.41, 5.74) is 13.3. The number of nitrogens with one attached hydrogen (secondary N) is 3. The second-order valence-corrected chi connectivity index (χ2v) is 5.35. The topological polar surface area (TPSA) is 101 Å². The van der Waals surface area contributed by atoms with Crippen LogP contribution in [0.1, 0.15) is 20.8 Å². The Morgan fingerprint density at radius 3 is 2.55 bits per heavy atom. The van der Waals surface area contributed by atoms with Crippen LogP contribution in [0, 0.1) is 0 Å². The summed E-state index contributed by atoms with van der Waals surface area (Å²) in [7, 11) is 0. The highest BCUT2D eigenvalue weighted by molar-refractivity contribution is 5.77. The lowest BCUT2D eigenvalue weighted by Gasteiger charge is -2.22. The number of aromatic nitrogens is 3. The Labute approximate surface area is 118 Å². The third kappa shape index (κ3) is 3.79. The van der Waals surface area contributed by atoms with Gasteiger partial charge in [-0.2, -0.15) is 0 Å². The molecule has 0 aromatic carbocycles. The fourth-order valence-electron chi connectivity index (χ4n) is 1.41. The highest BCUT2D eigenvalue weighted by Gasteiger charge is 2.12. The number of hydrazine groups is 1. The van der Waals surface area contributed by atoms with Crippen LogP contribution in [0.5, 0.6) is 0 Å². The first-order valence-electron chi connectivity index (χ1n) is 6.26. The summed E-state index contributed by atoms with van der Waals surface area (Å²) in [6.07, 6.45) is 4.85. The minimum absolute atomic E-state index is 0.103. The second-order valence-electron chi connectivity index (χ2n) is 5.35. The van der Waals surface area contributed by atoms with Crippen LogP contribution in [-0.2, 0) is 0 Å². The molecular formula is C13H19N7. The molecule has 0 unspecified atom stereocenters. The maximum Gasteiger partial charge on any atom is 0.169 e. The van der Waals surface area contributed by atoms with E-state index >= 15 is 0 Å². The molecule has 2 rings (SSSR count). The van der Waals surface area contributed by atoms with E-state index in [-0.39, 0.29) is 5.54 Å². The molecule has 0 radical (unpaired) electrons. The van der Waals surface area contributed by atoms with E-state index < -0.39 is 0 Å². The average molecular weight is 273 g/mol. The Kier molecular flexibility index (Phi) is 3.99. The molecule has 2 aromatic heterocycles. The first kappa shape index (κ1) is 14.0. The quantitative estimate of drug-likeness (QED) is 0.631. The number of nitrogens with zero attached hydrogens (tertiary/aromatic N) is 3. The SMILES string of the molecule is CC(C)(C)NNc1ncnc(Nc2cccnc2)c1N. The highest BCUT2D eigenvalue weighted by atomic mass is 15.4. The molecule has 0 aliphatic heterocycles. The molecule has 0 amide bonds. The van der Waals surface area contributed by atoms with Gasteiger partial charge in [0.1, 0.15) is 12.0 Å². The summed E-state index contributed by atoms with van der Waals surface area (Å²) in [5, 5.41) is 3.10. The maximum absolute atomic E-state index is 6.05. The molecule has 5 N–H and O–H groups in total. The van der Waals surface area contributed by atoms with Crippen LogP contribution in [0.15, 0.2) is 30.9 Å². The van der Waals surface area contributed by atoms with Crippen molar-refractivity contribution in [3.05, 3.63) is 30.9 Å². The standard InChI is InChI=1S/C13H19N7/c1-13(2,3)20-19-12-10(14)11(16-8-17-12)18-9-5-4-6-15-7-9/h4-8,20H,14H2,1-3H3,(H2,16,17,18,19). The molecule has 0 spiro atoms. The third-order valence-corrected chi connectivity index (χ3v) is 2.36. The van der Waals surface area contributed by atoms with E-state index in [1.165, 1.54) is 6.33 Å². The van der Waals surface area contributed by atoms with Gasteiger partial charge in [0.25, 0.3) is 0 Å². The van der Waals surface area contributed by atoms with E-state index in [0.29, 0.717) is 17.3 Å². The molecule has 0 fully saturated rings. The van der Waals surface area contributed by atoms with Gasteiger partial charge in [0.15, 0.2) is 11.6 Å². The van der Waals surface area contributed by atoms with Gasteiger partial charge >= 0.3 is 0 Å². The zero-order valence-electron chi connectivity index (χ0n) is 11.8. The van der Waals surface area contributed by atoms with Gasteiger partial charge in [-0.25, -0.2) is 15.4 Å². The lowest BCUT2D eigenvalue weighted by atomic mass is 10.1. The zero-order valence-corrected chi connectivity index (χ0v) is 11.8. The molecule has 0 bridgehead atoms. The first-order valence-corrected chi connectivity index (χ1v) is 6.26. The predicted octanol–water partition coefficient (Wildman–Crippen LogP) is 1.91. The molecule has 0 saturated heterocycles. The molecule has 7 nitrogen and oxygen atoms in total. The van der Waals surface area contributed by atoms with E-state index in [0.717, 1.165) is 5.69 Å². The Morgan fingerprint density at radius 1 is 1.15 bits per heavy atom. The molecule has 0 saturated carbocycles. The number of rotatable bonds is 4. The molecule has 2 aromatic rings. The Morgan fingerprint density at radius 2 is 1.90 bits per heavy atom. The van der Waals surface area contributed by atoms with Crippen LogP contribution in [-0.4, -0.2) is 20.5 Å². The van der Waals surface area contributed by atoms with Crippen molar-refractivity contribution in [2.45, 2.75) is 26.3 Å². The van der Waals surface area contributed by atoms with E-state index in [4.69, 9.17) is 5.73 Å².